The van der Waals surface area contributed by atoms with Gasteiger partial charge in [0, 0.05) is 5.56 Å². The van der Waals surface area contributed by atoms with E-state index in [1.165, 1.54) is 6.20 Å². The highest BCUT2D eigenvalue weighted by Crippen LogP contribution is 2.21. The fraction of sp³-hybridized carbons (Fsp3) is 0.429. The van der Waals surface area contributed by atoms with Gasteiger partial charge in [0.1, 0.15) is 0 Å². The second-order valence-electron chi connectivity index (χ2n) is 2.21. The summed E-state index contributed by atoms with van der Waals surface area (Å²) >= 11 is 11.6. The lowest BCUT2D eigenvalue weighted by atomic mass is 10.2. The molecule has 1 heterocycles. The van der Waals surface area contributed by atoms with Gasteiger partial charge in [-0.05, 0) is 6.42 Å². The van der Waals surface area contributed by atoms with Crippen LogP contribution in [0.4, 0.5) is 0 Å². The Morgan fingerprint density at radius 2 is 2.18 bits per heavy atom. The standard InChI is InChI=1S/C7H8Cl2N2/c1-2-3-5-6(8)4-10-11-7(5)9/h4H,2-3H2,1H3. The topological polar surface area (TPSA) is 25.8 Å². The number of hydrogen-bond acceptors (Lipinski definition) is 2. The molecule has 0 aliphatic rings. The van der Waals surface area contributed by atoms with Crippen LogP contribution in [0.3, 0.4) is 0 Å². The SMILES string of the molecule is CCCc1c(Cl)cnnc1Cl. The Kier molecular flexibility index (Phi) is 3.09. The molecule has 11 heavy (non-hydrogen) atoms. The Morgan fingerprint density at radius 3 is 2.73 bits per heavy atom. The summed E-state index contributed by atoms with van der Waals surface area (Å²) in [7, 11) is 0. The molecule has 0 N–H and O–H groups in total. The molecule has 0 amide bonds. The van der Waals surface area contributed by atoms with Crippen molar-refractivity contribution in [2.75, 3.05) is 0 Å². The maximum atomic E-state index is 5.82. The van der Waals surface area contributed by atoms with Gasteiger partial charge in [0.2, 0.25) is 0 Å². The van der Waals surface area contributed by atoms with Gasteiger partial charge in [0.15, 0.2) is 5.15 Å². The molecule has 0 aliphatic heterocycles. The quantitative estimate of drug-likeness (QED) is 0.718. The van der Waals surface area contributed by atoms with Crippen molar-refractivity contribution in [3.05, 3.63) is 21.9 Å². The van der Waals surface area contributed by atoms with Crippen LogP contribution in [-0.4, -0.2) is 10.2 Å². The fourth-order valence-electron chi connectivity index (χ4n) is 0.840. The lowest BCUT2D eigenvalue weighted by Crippen LogP contribution is -1.91. The van der Waals surface area contributed by atoms with Gasteiger partial charge < -0.3 is 0 Å². The molecular weight excluding hydrogens is 183 g/mol. The van der Waals surface area contributed by atoms with Crippen molar-refractivity contribution in [3.63, 3.8) is 0 Å². The summed E-state index contributed by atoms with van der Waals surface area (Å²) in [6.07, 6.45) is 3.37. The van der Waals surface area contributed by atoms with Gasteiger partial charge in [-0.3, -0.25) is 0 Å². The van der Waals surface area contributed by atoms with Crippen LogP contribution >= 0.6 is 23.2 Å². The molecule has 0 saturated heterocycles. The molecule has 60 valence electrons. The lowest BCUT2D eigenvalue weighted by Gasteiger charge is -2.01. The molecule has 1 rings (SSSR count). The van der Waals surface area contributed by atoms with Crippen molar-refractivity contribution < 1.29 is 0 Å². The number of nitrogens with zero attached hydrogens (tertiary/aromatic N) is 2. The van der Waals surface area contributed by atoms with E-state index in [2.05, 4.69) is 17.1 Å². The minimum Gasteiger partial charge on any atom is -0.156 e. The Balaban J connectivity index is 3.00. The highest BCUT2D eigenvalue weighted by Gasteiger charge is 2.05. The maximum absolute atomic E-state index is 5.82. The molecule has 0 unspecified atom stereocenters. The van der Waals surface area contributed by atoms with E-state index in [0.29, 0.717) is 10.2 Å². The first-order valence-electron chi connectivity index (χ1n) is 3.41. The summed E-state index contributed by atoms with van der Waals surface area (Å²) in [4.78, 5) is 0. The van der Waals surface area contributed by atoms with Gasteiger partial charge in [-0.2, -0.15) is 5.10 Å². The van der Waals surface area contributed by atoms with Gasteiger partial charge in [0.05, 0.1) is 11.2 Å². The van der Waals surface area contributed by atoms with E-state index in [-0.39, 0.29) is 0 Å². The van der Waals surface area contributed by atoms with E-state index < -0.39 is 0 Å². The second-order valence-corrected chi connectivity index (χ2v) is 2.98. The molecule has 0 aliphatic carbocycles. The summed E-state index contributed by atoms with van der Waals surface area (Å²) in [5, 5.41) is 8.32. The Hall–Kier alpha value is -0.340. The van der Waals surface area contributed by atoms with Crippen LogP contribution in [-0.2, 0) is 6.42 Å². The third-order valence-electron chi connectivity index (χ3n) is 1.35. The van der Waals surface area contributed by atoms with Crippen molar-refractivity contribution in [1.29, 1.82) is 0 Å². The van der Waals surface area contributed by atoms with Crippen molar-refractivity contribution in [3.8, 4) is 0 Å². The molecule has 0 radical (unpaired) electrons. The van der Waals surface area contributed by atoms with E-state index in [1.54, 1.807) is 0 Å². The first kappa shape index (κ1) is 8.75. The van der Waals surface area contributed by atoms with E-state index in [1.807, 2.05) is 0 Å². The number of halogens is 2. The van der Waals surface area contributed by atoms with Crippen LogP contribution in [0.1, 0.15) is 18.9 Å². The average molecular weight is 191 g/mol. The van der Waals surface area contributed by atoms with Crippen molar-refractivity contribution in [2.24, 2.45) is 0 Å². The monoisotopic (exact) mass is 190 g/mol. The summed E-state index contributed by atoms with van der Waals surface area (Å²) < 4.78 is 0. The average Bonchev–Trinajstić information content (AvgIpc) is 1.97. The minimum atomic E-state index is 0.416. The molecule has 0 aromatic carbocycles. The first-order chi connectivity index (χ1) is 5.25. The zero-order valence-corrected chi connectivity index (χ0v) is 7.65. The van der Waals surface area contributed by atoms with E-state index in [4.69, 9.17) is 23.2 Å². The Labute approximate surface area is 75.5 Å². The molecule has 1 aromatic rings. The number of aromatic nitrogens is 2. The van der Waals surface area contributed by atoms with Crippen LogP contribution in [0.2, 0.25) is 10.2 Å². The van der Waals surface area contributed by atoms with Gasteiger partial charge >= 0.3 is 0 Å². The fourth-order valence-corrected chi connectivity index (χ4v) is 1.36. The molecule has 0 bridgehead atoms. The summed E-state index contributed by atoms with van der Waals surface area (Å²) in [6.45, 7) is 2.06. The predicted molar refractivity (Wildman–Crippen MR) is 46.0 cm³/mol. The third-order valence-corrected chi connectivity index (χ3v) is 1.98. The van der Waals surface area contributed by atoms with Gasteiger partial charge in [-0.15, -0.1) is 5.10 Å². The number of rotatable bonds is 2. The first-order valence-corrected chi connectivity index (χ1v) is 4.17. The highest BCUT2D eigenvalue weighted by atomic mass is 35.5. The molecule has 0 fully saturated rings. The second kappa shape index (κ2) is 3.88. The van der Waals surface area contributed by atoms with Crippen LogP contribution in [0.15, 0.2) is 6.20 Å². The normalized spacial score (nSPS) is 10.1. The maximum Gasteiger partial charge on any atom is 0.156 e. The van der Waals surface area contributed by atoms with E-state index in [9.17, 15) is 0 Å². The summed E-state index contributed by atoms with van der Waals surface area (Å²) in [5.41, 5.74) is 0.894. The van der Waals surface area contributed by atoms with Gasteiger partial charge in [0.25, 0.3) is 0 Å². The lowest BCUT2D eigenvalue weighted by molar-refractivity contribution is 0.893. The van der Waals surface area contributed by atoms with E-state index in [0.717, 1.165) is 18.4 Å². The zero-order valence-electron chi connectivity index (χ0n) is 6.14. The molecule has 2 nitrogen and oxygen atoms in total. The smallest absolute Gasteiger partial charge is 0.156 e. The van der Waals surface area contributed by atoms with Gasteiger partial charge in [-0.1, -0.05) is 36.5 Å². The van der Waals surface area contributed by atoms with Crippen molar-refractivity contribution in [1.82, 2.24) is 10.2 Å². The molecule has 0 spiro atoms. The molecule has 0 atom stereocenters. The molecule has 4 heteroatoms. The molecular formula is C7H8Cl2N2. The van der Waals surface area contributed by atoms with Crippen LogP contribution in [0, 0.1) is 0 Å². The highest BCUT2D eigenvalue weighted by molar-refractivity contribution is 6.35. The van der Waals surface area contributed by atoms with Crippen LogP contribution in [0.25, 0.3) is 0 Å². The summed E-state index contributed by atoms with van der Waals surface area (Å²) in [5.74, 6) is 0. The largest absolute Gasteiger partial charge is 0.156 e. The van der Waals surface area contributed by atoms with Crippen molar-refractivity contribution in [2.45, 2.75) is 19.8 Å². The molecule has 0 saturated carbocycles. The predicted octanol–water partition coefficient (Wildman–Crippen LogP) is 2.74. The minimum absolute atomic E-state index is 0.416. The Morgan fingerprint density at radius 1 is 1.45 bits per heavy atom. The Bertz CT molecular complexity index is 230. The third kappa shape index (κ3) is 2.04. The zero-order chi connectivity index (χ0) is 8.27. The number of hydrogen-bond donors (Lipinski definition) is 0. The molecule has 1 aromatic heterocycles. The van der Waals surface area contributed by atoms with Gasteiger partial charge in [-0.25, -0.2) is 0 Å². The van der Waals surface area contributed by atoms with E-state index >= 15 is 0 Å². The van der Waals surface area contributed by atoms with Crippen molar-refractivity contribution >= 4 is 23.2 Å². The van der Waals surface area contributed by atoms with Crippen LogP contribution in [0.5, 0.6) is 0 Å². The van der Waals surface area contributed by atoms with Crippen LogP contribution < -0.4 is 0 Å². The summed E-state index contributed by atoms with van der Waals surface area (Å²) in [6, 6.07) is 0.